The van der Waals surface area contributed by atoms with E-state index in [1.54, 1.807) is 6.07 Å². The molecule has 3 nitrogen and oxygen atoms in total. The summed E-state index contributed by atoms with van der Waals surface area (Å²) in [6, 6.07) is 9.58. The molecular formula is C25H37NO2. The quantitative estimate of drug-likeness (QED) is 0.349. The lowest BCUT2D eigenvalue weighted by atomic mass is 9.95. The first-order valence-corrected chi connectivity index (χ1v) is 11.2. The molecule has 0 aliphatic carbocycles. The molecule has 1 amide bonds. The number of unbranched alkanes of at least 4 members (excludes halogenated alkanes) is 11. The number of fused-ring (bicyclic) bond motifs is 1. The Morgan fingerprint density at radius 3 is 1.96 bits per heavy atom. The minimum absolute atomic E-state index is 0.0641. The molecule has 3 heteroatoms. The predicted molar refractivity (Wildman–Crippen MR) is 119 cm³/mol. The molecule has 2 aromatic carbocycles. The van der Waals surface area contributed by atoms with Gasteiger partial charge in [0.05, 0.1) is 5.56 Å². The minimum atomic E-state index is -0.570. The molecule has 0 aliphatic heterocycles. The molecule has 0 bridgehead atoms. The van der Waals surface area contributed by atoms with E-state index in [0.717, 1.165) is 35.6 Å². The number of benzene rings is 2. The van der Waals surface area contributed by atoms with Crippen molar-refractivity contribution < 1.29 is 9.90 Å². The van der Waals surface area contributed by atoms with Crippen LogP contribution in [0.15, 0.2) is 30.3 Å². The van der Waals surface area contributed by atoms with Gasteiger partial charge in [0.25, 0.3) is 5.91 Å². The van der Waals surface area contributed by atoms with Crippen LogP contribution >= 0.6 is 0 Å². The first-order chi connectivity index (χ1) is 13.6. The van der Waals surface area contributed by atoms with Crippen LogP contribution < -0.4 is 5.73 Å². The zero-order chi connectivity index (χ0) is 20.2. The van der Waals surface area contributed by atoms with Gasteiger partial charge in [0.2, 0.25) is 0 Å². The van der Waals surface area contributed by atoms with Crippen LogP contribution in [0, 0.1) is 0 Å². The molecule has 0 spiro atoms. The molecule has 2 rings (SSSR count). The Bertz CT molecular complexity index is 739. The molecule has 3 N–H and O–H groups in total. The fourth-order valence-corrected chi connectivity index (χ4v) is 4.00. The van der Waals surface area contributed by atoms with Crippen molar-refractivity contribution in [3.8, 4) is 5.75 Å². The largest absolute Gasteiger partial charge is 0.507 e. The van der Waals surface area contributed by atoms with Crippen molar-refractivity contribution in [3.63, 3.8) is 0 Å². The summed E-state index contributed by atoms with van der Waals surface area (Å²) in [6.45, 7) is 2.26. The van der Waals surface area contributed by atoms with Gasteiger partial charge in [-0.05, 0) is 29.7 Å². The third kappa shape index (κ3) is 6.85. The highest BCUT2D eigenvalue weighted by Crippen LogP contribution is 2.32. The summed E-state index contributed by atoms with van der Waals surface area (Å²) in [6.07, 6.45) is 16.5. The second-order valence-electron chi connectivity index (χ2n) is 7.98. The van der Waals surface area contributed by atoms with E-state index in [1.807, 2.05) is 24.3 Å². The summed E-state index contributed by atoms with van der Waals surface area (Å²) in [7, 11) is 0. The zero-order valence-electron chi connectivity index (χ0n) is 17.5. The van der Waals surface area contributed by atoms with Crippen LogP contribution in [0.2, 0.25) is 0 Å². The van der Waals surface area contributed by atoms with Gasteiger partial charge in [0.1, 0.15) is 5.75 Å². The number of aromatic hydroxyl groups is 1. The fraction of sp³-hybridized carbons (Fsp3) is 0.560. The number of carbonyl (C=O) groups is 1. The average molecular weight is 384 g/mol. The first kappa shape index (κ1) is 22.3. The standard InChI is InChI=1S/C25H37NO2/c1-2-3-4-5-6-7-8-9-10-11-12-13-18-22-21-17-15-14-16-20(21)19-23(24(22)27)25(26)28/h14-17,19,27H,2-13,18H2,1H3,(H2,26,28). The Morgan fingerprint density at radius 1 is 0.857 bits per heavy atom. The maximum atomic E-state index is 11.7. The minimum Gasteiger partial charge on any atom is -0.507 e. The smallest absolute Gasteiger partial charge is 0.252 e. The van der Waals surface area contributed by atoms with Crippen molar-refractivity contribution in [2.45, 2.75) is 90.4 Å². The molecule has 28 heavy (non-hydrogen) atoms. The van der Waals surface area contributed by atoms with Crippen LogP contribution in [-0.4, -0.2) is 11.0 Å². The molecule has 0 radical (unpaired) electrons. The Labute approximate surface area is 170 Å². The molecule has 154 valence electrons. The maximum Gasteiger partial charge on any atom is 0.252 e. The van der Waals surface area contributed by atoms with Crippen molar-refractivity contribution in [2.75, 3.05) is 0 Å². The highest BCUT2D eigenvalue weighted by molar-refractivity contribution is 6.02. The molecule has 0 fully saturated rings. The zero-order valence-corrected chi connectivity index (χ0v) is 17.5. The van der Waals surface area contributed by atoms with Crippen LogP contribution in [0.3, 0.4) is 0 Å². The van der Waals surface area contributed by atoms with Crippen molar-refractivity contribution in [2.24, 2.45) is 5.73 Å². The van der Waals surface area contributed by atoms with Crippen LogP contribution in [0.5, 0.6) is 5.75 Å². The summed E-state index contributed by atoms with van der Waals surface area (Å²) in [5.74, 6) is -0.506. The predicted octanol–water partition coefficient (Wildman–Crippen LogP) is 6.89. The van der Waals surface area contributed by atoms with E-state index in [4.69, 9.17) is 5.73 Å². The average Bonchev–Trinajstić information content (AvgIpc) is 2.69. The monoisotopic (exact) mass is 383 g/mol. The summed E-state index contributed by atoms with van der Waals surface area (Å²) in [5.41, 5.74) is 6.53. The number of primary amides is 1. The third-order valence-electron chi connectivity index (χ3n) is 5.67. The van der Waals surface area contributed by atoms with E-state index < -0.39 is 5.91 Å². The second-order valence-corrected chi connectivity index (χ2v) is 7.98. The molecule has 2 aromatic rings. The van der Waals surface area contributed by atoms with E-state index in [2.05, 4.69) is 6.92 Å². The topological polar surface area (TPSA) is 63.3 Å². The molecule has 0 heterocycles. The van der Waals surface area contributed by atoms with Crippen LogP contribution in [0.4, 0.5) is 0 Å². The van der Waals surface area contributed by atoms with E-state index >= 15 is 0 Å². The van der Waals surface area contributed by atoms with Gasteiger partial charge in [-0.1, -0.05) is 102 Å². The highest BCUT2D eigenvalue weighted by Gasteiger charge is 2.15. The number of amides is 1. The Kier molecular flexibility index (Phi) is 9.88. The lowest BCUT2D eigenvalue weighted by molar-refractivity contribution is 0.0997. The molecular weight excluding hydrogens is 346 g/mol. The summed E-state index contributed by atoms with van der Waals surface area (Å²) < 4.78 is 0. The van der Waals surface area contributed by atoms with E-state index in [0.29, 0.717) is 0 Å². The molecule has 0 aliphatic rings. The lowest BCUT2D eigenvalue weighted by Gasteiger charge is -2.12. The molecule has 0 aromatic heterocycles. The number of aryl methyl sites for hydroxylation is 1. The number of nitrogens with two attached hydrogens (primary N) is 1. The van der Waals surface area contributed by atoms with Gasteiger partial charge in [-0.15, -0.1) is 0 Å². The van der Waals surface area contributed by atoms with Gasteiger partial charge in [-0.3, -0.25) is 4.79 Å². The normalized spacial score (nSPS) is 11.2. The summed E-state index contributed by atoms with van der Waals surface area (Å²) in [5, 5.41) is 12.5. The van der Waals surface area contributed by atoms with E-state index in [-0.39, 0.29) is 11.3 Å². The van der Waals surface area contributed by atoms with Crippen molar-refractivity contribution in [1.29, 1.82) is 0 Å². The van der Waals surface area contributed by atoms with Crippen LogP contribution in [0.1, 0.15) is 99.9 Å². The Balaban J connectivity index is 1.72. The van der Waals surface area contributed by atoms with E-state index in [9.17, 15) is 9.90 Å². The van der Waals surface area contributed by atoms with E-state index in [1.165, 1.54) is 64.2 Å². The lowest BCUT2D eigenvalue weighted by Crippen LogP contribution is -2.12. The number of phenols is 1. The SMILES string of the molecule is CCCCCCCCCCCCCCc1c(O)c(C(N)=O)cc2ccccc12. The van der Waals surface area contributed by atoms with Gasteiger partial charge >= 0.3 is 0 Å². The van der Waals surface area contributed by atoms with Gasteiger partial charge < -0.3 is 10.8 Å². The Hall–Kier alpha value is -2.03. The fourth-order valence-electron chi connectivity index (χ4n) is 4.00. The third-order valence-corrected chi connectivity index (χ3v) is 5.67. The molecule has 0 unspecified atom stereocenters. The number of hydrogen-bond donors (Lipinski definition) is 2. The maximum absolute atomic E-state index is 11.7. The Morgan fingerprint density at radius 2 is 1.39 bits per heavy atom. The molecule has 0 saturated heterocycles. The van der Waals surface area contributed by atoms with Gasteiger partial charge in [-0.2, -0.15) is 0 Å². The molecule has 0 atom stereocenters. The van der Waals surface area contributed by atoms with Gasteiger partial charge in [0, 0.05) is 5.56 Å². The van der Waals surface area contributed by atoms with Gasteiger partial charge in [-0.25, -0.2) is 0 Å². The number of rotatable bonds is 14. The number of hydrogen-bond acceptors (Lipinski definition) is 2. The van der Waals surface area contributed by atoms with Crippen molar-refractivity contribution in [3.05, 3.63) is 41.5 Å². The molecule has 0 saturated carbocycles. The van der Waals surface area contributed by atoms with Crippen LogP contribution in [-0.2, 0) is 6.42 Å². The summed E-state index contributed by atoms with van der Waals surface area (Å²) in [4.78, 5) is 11.7. The van der Waals surface area contributed by atoms with Crippen LogP contribution in [0.25, 0.3) is 10.8 Å². The number of carbonyl (C=O) groups excluding carboxylic acids is 1. The highest BCUT2D eigenvalue weighted by atomic mass is 16.3. The van der Waals surface area contributed by atoms with Crippen molar-refractivity contribution in [1.82, 2.24) is 0 Å². The second kappa shape index (κ2) is 12.4. The first-order valence-electron chi connectivity index (χ1n) is 11.2. The summed E-state index contributed by atoms with van der Waals surface area (Å²) >= 11 is 0. The van der Waals surface area contributed by atoms with Gasteiger partial charge in [0.15, 0.2) is 0 Å². The van der Waals surface area contributed by atoms with Crippen molar-refractivity contribution >= 4 is 16.7 Å².